The van der Waals surface area contributed by atoms with Crippen molar-refractivity contribution < 1.29 is 9.47 Å². The molecule has 3 heteroatoms. The molecule has 1 aromatic heterocycles. The lowest BCUT2D eigenvalue weighted by atomic mass is 9.98. The Balaban J connectivity index is 2.16. The minimum atomic E-state index is 0.876. The molecule has 0 bridgehead atoms. The topological polar surface area (TPSA) is 18.5 Å². The van der Waals surface area contributed by atoms with E-state index in [4.69, 9.17) is 9.47 Å². The van der Waals surface area contributed by atoms with Crippen molar-refractivity contribution in [1.82, 2.24) is 0 Å². The summed E-state index contributed by atoms with van der Waals surface area (Å²) in [5.74, 6) is 1.77. The molecule has 0 fully saturated rings. The molecule has 0 unspecified atom stereocenters. The van der Waals surface area contributed by atoms with Gasteiger partial charge in [0, 0.05) is 9.58 Å². The highest BCUT2D eigenvalue weighted by molar-refractivity contribution is 7.22. The van der Waals surface area contributed by atoms with Gasteiger partial charge in [-0.1, -0.05) is 18.2 Å². The molecule has 0 N–H and O–H groups in total. The molecule has 0 saturated carbocycles. The fourth-order valence-corrected chi connectivity index (χ4v) is 4.34. The first-order chi connectivity index (χ1) is 12.7. The smallest absolute Gasteiger partial charge is 0.120 e. The van der Waals surface area contributed by atoms with E-state index >= 15 is 0 Å². The predicted molar refractivity (Wildman–Crippen MR) is 113 cm³/mol. The van der Waals surface area contributed by atoms with Gasteiger partial charge in [-0.15, -0.1) is 11.3 Å². The summed E-state index contributed by atoms with van der Waals surface area (Å²) in [6.07, 6.45) is 7.38. The summed E-state index contributed by atoms with van der Waals surface area (Å²) >= 11 is 1.82. The Bertz CT molecular complexity index is 946. The zero-order valence-corrected chi connectivity index (χ0v) is 16.5. The van der Waals surface area contributed by atoms with Crippen molar-refractivity contribution >= 4 is 21.4 Å². The van der Waals surface area contributed by atoms with Crippen molar-refractivity contribution in [2.75, 3.05) is 14.2 Å². The van der Waals surface area contributed by atoms with Crippen molar-refractivity contribution in [3.8, 4) is 21.9 Å². The number of benzene rings is 2. The summed E-state index contributed by atoms with van der Waals surface area (Å²) in [6.45, 7) is 4.16. The van der Waals surface area contributed by atoms with Crippen LogP contribution in [0, 0.1) is 0 Å². The Morgan fingerprint density at radius 2 is 1.65 bits per heavy atom. The SMILES string of the molecule is C/C=C\C(=C/C)Cc1c(-c2ccc(OC)cc2)sc2cc(OC)ccc12. The van der Waals surface area contributed by atoms with Gasteiger partial charge >= 0.3 is 0 Å². The highest BCUT2D eigenvalue weighted by Gasteiger charge is 2.15. The lowest BCUT2D eigenvalue weighted by molar-refractivity contribution is 0.415. The predicted octanol–water partition coefficient (Wildman–Crippen LogP) is 6.65. The lowest BCUT2D eigenvalue weighted by Crippen LogP contribution is -1.90. The third kappa shape index (κ3) is 3.68. The molecule has 0 aliphatic carbocycles. The van der Waals surface area contributed by atoms with Gasteiger partial charge < -0.3 is 9.47 Å². The van der Waals surface area contributed by atoms with Gasteiger partial charge in [0.2, 0.25) is 0 Å². The van der Waals surface area contributed by atoms with Crippen LogP contribution in [0.4, 0.5) is 0 Å². The normalized spacial score (nSPS) is 12.1. The molecular formula is C23H24O2S. The van der Waals surface area contributed by atoms with Gasteiger partial charge in [-0.25, -0.2) is 0 Å². The summed E-state index contributed by atoms with van der Waals surface area (Å²) in [4.78, 5) is 1.31. The molecule has 26 heavy (non-hydrogen) atoms. The van der Waals surface area contributed by atoms with Crippen molar-refractivity contribution in [1.29, 1.82) is 0 Å². The van der Waals surface area contributed by atoms with E-state index in [0.717, 1.165) is 17.9 Å². The van der Waals surface area contributed by atoms with Crippen LogP contribution in [0.2, 0.25) is 0 Å². The number of hydrogen-bond donors (Lipinski definition) is 0. The maximum Gasteiger partial charge on any atom is 0.120 e. The van der Waals surface area contributed by atoms with Gasteiger partial charge in [-0.3, -0.25) is 0 Å². The van der Waals surface area contributed by atoms with Crippen LogP contribution in [0.5, 0.6) is 11.5 Å². The third-order valence-electron chi connectivity index (χ3n) is 4.48. The molecule has 0 spiro atoms. The average molecular weight is 365 g/mol. The van der Waals surface area contributed by atoms with Gasteiger partial charge in [-0.2, -0.15) is 0 Å². The van der Waals surface area contributed by atoms with Crippen LogP contribution in [0.3, 0.4) is 0 Å². The van der Waals surface area contributed by atoms with E-state index in [1.807, 2.05) is 29.5 Å². The molecular weight excluding hydrogens is 340 g/mol. The number of hydrogen-bond acceptors (Lipinski definition) is 3. The van der Waals surface area contributed by atoms with Gasteiger partial charge in [-0.05, 0) is 84.8 Å². The molecule has 1 heterocycles. The number of rotatable bonds is 6. The average Bonchev–Trinajstić information content (AvgIpc) is 3.05. The summed E-state index contributed by atoms with van der Waals surface area (Å²) in [5, 5.41) is 1.30. The van der Waals surface area contributed by atoms with Crippen LogP contribution in [0.25, 0.3) is 20.5 Å². The fourth-order valence-electron chi connectivity index (χ4n) is 3.08. The Kier molecular flexibility index (Phi) is 5.79. The Hall–Kier alpha value is -2.52. The lowest BCUT2D eigenvalue weighted by Gasteiger charge is -2.08. The van der Waals surface area contributed by atoms with Crippen molar-refractivity contribution in [2.24, 2.45) is 0 Å². The van der Waals surface area contributed by atoms with Crippen molar-refractivity contribution in [3.63, 3.8) is 0 Å². The standard InChI is InChI=1S/C23H24O2S/c1-5-7-16(6-2)14-21-20-13-12-19(25-4)15-22(20)26-23(21)17-8-10-18(24-3)11-9-17/h5-13,15H,14H2,1-4H3/b7-5-,16-6+. The van der Waals surface area contributed by atoms with E-state index in [0.29, 0.717) is 0 Å². The van der Waals surface area contributed by atoms with E-state index < -0.39 is 0 Å². The van der Waals surface area contributed by atoms with E-state index in [1.165, 1.54) is 31.7 Å². The molecule has 3 rings (SSSR count). The molecule has 2 aromatic carbocycles. The minimum absolute atomic E-state index is 0.876. The highest BCUT2D eigenvalue weighted by Crippen LogP contribution is 2.41. The summed E-state index contributed by atoms with van der Waals surface area (Å²) in [7, 11) is 3.41. The Morgan fingerprint density at radius 3 is 2.27 bits per heavy atom. The Labute approximate surface area is 159 Å². The van der Waals surface area contributed by atoms with E-state index in [2.05, 4.69) is 56.3 Å². The number of allylic oxidation sites excluding steroid dienone is 4. The number of thiophene rings is 1. The second-order valence-electron chi connectivity index (χ2n) is 6.04. The van der Waals surface area contributed by atoms with Crippen LogP contribution < -0.4 is 9.47 Å². The molecule has 3 aromatic rings. The van der Waals surface area contributed by atoms with E-state index in [9.17, 15) is 0 Å². The number of ether oxygens (including phenoxy) is 2. The number of fused-ring (bicyclic) bond motifs is 1. The molecule has 0 saturated heterocycles. The molecule has 0 amide bonds. The maximum atomic E-state index is 5.42. The zero-order chi connectivity index (χ0) is 18.5. The molecule has 0 aliphatic heterocycles. The van der Waals surface area contributed by atoms with Gasteiger partial charge in [0.25, 0.3) is 0 Å². The van der Waals surface area contributed by atoms with Crippen LogP contribution in [0.15, 0.2) is 66.3 Å². The van der Waals surface area contributed by atoms with E-state index in [1.54, 1.807) is 14.2 Å². The van der Waals surface area contributed by atoms with Crippen LogP contribution in [0.1, 0.15) is 19.4 Å². The maximum absolute atomic E-state index is 5.42. The molecule has 0 aliphatic rings. The summed E-state index contributed by atoms with van der Waals surface area (Å²) in [5.41, 5.74) is 3.90. The summed E-state index contributed by atoms with van der Waals surface area (Å²) < 4.78 is 12.0. The minimum Gasteiger partial charge on any atom is -0.497 e. The van der Waals surface area contributed by atoms with Crippen LogP contribution >= 0.6 is 11.3 Å². The third-order valence-corrected chi connectivity index (χ3v) is 5.73. The largest absolute Gasteiger partial charge is 0.497 e. The molecule has 2 nitrogen and oxygen atoms in total. The first kappa shape index (κ1) is 18.3. The molecule has 134 valence electrons. The van der Waals surface area contributed by atoms with E-state index in [-0.39, 0.29) is 0 Å². The van der Waals surface area contributed by atoms with Gasteiger partial charge in [0.15, 0.2) is 0 Å². The fraction of sp³-hybridized carbons (Fsp3) is 0.217. The number of methoxy groups -OCH3 is 2. The zero-order valence-electron chi connectivity index (χ0n) is 15.7. The highest BCUT2D eigenvalue weighted by atomic mass is 32.1. The first-order valence-electron chi connectivity index (χ1n) is 8.71. The van der Waals surface area contributed by atoms with Gasteiger partial charge in [0.05, 0.1) is 14.2 Å². The van der Waals surface area contributed by atoms with Crippen LogP contribution in [-0.4, -0.2) is 14.2 Å². The second kappa shape index (κ2) is 8.24. The summed E-state index contributed by atoms with van der Waals surface area (Å²) in [6, 6.07) is 14.7. The van der Waals surface area contributed by atoms with Crippen molar-refractivity contribution in [2.45, 2.75) is 20.3 Å². The second-order valence-corrected chi connectivity index (χ2v) is 7.09. The first-order valence-corrected chi connectivity index (χ1v) is 9.53. The van der Waals surface area contributed by atoms with Crippen LogP contribution in [-0.2, 0) is 6.42 Å². The molecule has 0 radical (unpaired) electrons. The monoisotopic (exact) mass is 364 g/mol. The quantitative estimate of drug-likeness (QED) is 0.456. The van der Waals surface area contributed by atoms with Gasteiger partial charge in [0.1, 0.15) is 11.5 Å². The van der Waals surface area contributed by atoms with Crippen molar-refractivity contribution in [3.05, 3.63) is 71.8 Å². The molecule has 0 atom stereocenters. The Morgan fingerprint density at radius 1 is 0.962 bits per heavy atom.